The van der Waals surface area contributed by atoms with E-state index in [0.29, 0.717) is 26.1 Å². The van der Waals surface area contributed by atoms with E-state index < -0.39 is 0 Å². The van der Waals surface area contributed by atoms with Gasteiger partial charge in [0, 0.05) is 32.6 Å². The van der Waals surface area contributed by atoms with Gasteiger partial charge in [0.25, 0.3) is 0 Å². The molecule has 17 heavy (non-hydrogen) atoms. The minimum Gasteiger partial charge on any atom is -0.464 e. The summed E-state index contributed by atoms with van der Waals surface area (Å²) in [6, 6.07) is 0. The summed E-state index contributed by atoms with van der Waals surface area (Å²) in [6.07, 6.45) is 3.67. The highest BCUT2D eigenvalue weighted by Gasteiger charge is 2.00. The number of ether oxygens (including phenoxy) is 1. The van der Waals surface area contributed by atoms with Gasteiger partial charge < -0.3 is 20.5 Å². The van der Waals surface area contributed by atoms with Gasteiger partial charge in [0.15, 0.2) is 0 Å². The Labute approximate surface area is 104 Å². The molecule has 0 bridgehead atoms. The molecule has 0 aliphatic rings. The zero-order chi connectivity index (χ0) is 12.8. The van der Waals surface area contributed by atoms with E-state index in [4.69, 9.17) is 9.84 Å². The Morgan fingerprint density at radius 1 is 1.12 bits per heavy atom. The second-order valence-corrected chi connectivity index (χ2v) is 3.90. The molecule has 0 atom stereocenters. The van der Waals surface area contributed by atoms with Crippen LogP contribution in [-0.4, -0.2) is 50.5 Å². The molecule has 102 valence electrons. The third kappa shape index (κ3) is 13.3. The van der Waals surface area contributed by atoms with E-state index in [1.54, 1.807) is 0 Å². The van der Waals surface area contributed by atoms with Crippen molar-refractivity contribution in [1.82, 2.24) is 10.6 Å². The van der Waals surface area contributed by atoms with Crippen LogP contribution in [0.4, 0.5) is 0 Å². The highest BCUT2D eigenvalue weighted by atomic mass is 16.5. The van der Waals surface area contributed by atoms with Crippen molar-refractivity contribution in [2.24, 2.45) is 0 Å². The van der Waals surface area contributed by atoms with E-state index in [1.807, 2.05) is 0 Å². The van der Waals surface area contributed by atoms with E-state index in [2.05, 4.69) is 17.6 Å². The van der Waals surface area contributed by atoms with Crippen molar-refractivity contribution in [1.29, 1.82) is 0 Å². The fraction of sp³-hybridized carbons (Fsp3) is 0.917. The van der Waals surface area contributed by atoms with Gasteiger partial charge >= 0.3 is 5.97 Å². The molecule has 0 rings (SSSR count). The summed E-state index contributed by atoms with van der Waals surface area (Å²) in [7, 11) is 0. The molecule has 0 aromatic rings. The maximum Gasteiger partial charge on any atom is 0.305 e. The molecule has 0 fully saturated rings. The van der Waals surface area contributed by atoms with Crippen molar-refractivity contribution in [2.75, 3.05) is 39.4 Å². The van der Waals surface area contributed by atoms with E-state index in [1.165, 1.54) is 0 Å². The number of carbonyl (C=O) groups is 1. The number of nitrogens with one attached hydrogen (secondary N) is 2. The minimum absolute atomic E-state index is 0.0985. The molecule has 0 unspecified atom stereocenters. The summed E-state index contributed by atoms with van der Waals surface area (Å²) in [5.41, 5.74) is 0. The first-order chi connectivity index (χ1) is 8.31. The summed E-state index contributed by atoms with van der Waals surface area (Å²) in [5, 5.41) is 14.7. The van der Waals surface area contributed by atoms with Crippen LogP contribution in [0.2, 0.25) is 0 Å². The maximum absolute atomic E-state index is 11.2. The Morgan fingerprint density at radius 3 is 2.47 bits per heavy atom. The normalized spacial score (nSPS) is 10.5. The maximum atomic E-state index is 11.2. The lowest BCUT2D eigenvalue weighted by Crippen LogP contribution is -2.31. The Morgan fingerprint density at radius 2 is 1.82 bits per heavy atom. The largest absolute Gasteiger partial charge is 0.464 e. The zero-order valence-corrected chi connectivity index (χ0v) is 10.8. The number of carbonyl (C=O) groups excluding carboxylic acids is 1. The second kappa shape index (κ2) is 13.4. The Balaban J connectivity index is 3.08. The molecule has 0 aromatic carbocycles. The van der Waals surface area contributed by atoms with Gasteiger partial charge in [-0.1, -0.05) is 19.8 Å². The third-order valence-electron chi connectivity index (χ3n) is 2.29. The van der Waals surface area contributed by atoms with Crippen LogP contribution in [0.1, 0.15) is 32.6 Å². The fourth-order valence-electron chi connectivity index (χ4n) is 1.33. The number of esters is 1. The molecule has 0 saturated heterocycles. The number of aliphatic hydroxyl groups is 1. The summed E-state index contributed by atoms with van der Waals surface area (Å²) in [5.74, 6) is -0.0985. The standard InChI is InChI=1S/C12H26N2O3/c1-2-3-4-5-12(16)17-11-9-14-7-6-13-8-10-15/h13-15H,2-11H2,1H3. The molecule has 0 spiro atoms. The number of hydrogen-bond acceptors (Lipinski definition) is 5. The van der Waals surface area contributed by atoms with E-state index in [0.717, 1.165) is 32.4 Å². The van der Waals surface area contributed by atoms with Gasteiger partial charge in [0.05, 0.1) is 6.61 Å². The van der Waals surface area contributed by atoms with Crippen molar-refractivity contribution < 1.29 is 14.6 Å². The first-order valence-corrected chi connectivity index (χ1v) is 6.49. The molecular formula is C12H26N2O3. The Kier molecular flexibility index (Phi) is 12.9. The third-order valence-corrected chi connectivity index (χ3v) is 2.29. The first-order valence-electron chi connectivity index (χ1n) is 6.49. The van der Waals surface area contributed by atoms with Crippen molar-refractivity contribution in [3.63, 3.8) is 0 Å². The number of aliphatic hydroxyl groups excluding tert-OH is 1. The molecule has 3 N–H and O–H groups in total. The van der Waals surface area contributed by atoms with Crippen LogP contribution in [0.3, 0.4) is 0 Å². The lowest BCUT2D eigenvalue weighted by molar-refractivity contribution is -0.143. The summed E-state index contributed by atoms with van der Waals surface area (Å²) in [6.45, 7) is 5.63. The van der Waals surface area contributed by atoms with E-state index >= 15 is 0 Å². The van der Waals surface area contributed by atoms with Gasteiger partial charge in [0.2, 0.25) is 0 Å². The van der Waals surface area contributed by atoms with E-state index in [-0.39, 0.29) is 12.6 Å². The quantitative estimate of drug-likeness (QED) is 0.341. The van der Waals surface area contributed by atoms with Crippen LogP contribution in [-0.2, 0) is 9.53 Å². The van der Waals surface area contributed by atoms with Crippen molar-refractivity contribution in [3.05, 3.63) is 0 Å². The molecular weight excluding hydrogens is 220 g/mol. The SMILES string of the molecule is CCCCCC(=O)OCCNCCNCCO. The van der Waals surface area contributed by atoms with Gasteiger partial charge in [-0.2, -0.15) is 0 Å². The summed E-state index contributed by atoms with van der Waals surface area (Å²) < 4.78 is 5.05. The van der Waals surface area contributed by atoms with Crippen molar-refractivity contribution in [3.8, 4) is 0 Å². The van der Waals surface area contributed by atoms with Crippen LogP contribution in [0.25, 0.3) is 0 Å². The highest BCUT2D eigenvalue weighted by Crippen LogP contribution is 1.99. The molecule has 0 aliphatic carbocycles. The highest BCUT2D eigenvalue weighted by molar-refractivity contribution is 5.69. The van der Waals surface area contributed by atoms with Crippen LogP contribution < -0.4 is 10.6 Å². The van der Waals surface area contributed by atoms with Crippen molar-refractivity contribution >= 4 is 5.97 Å². The molecule has 5 nitrogen and oxygen atoms in total. The summed E-state index contributed by atoms with van der Waals surface area (Å²) in [4.78, 5) is 11.2. The average molecular weight is 246 g/mol. The molecule has 0 heterocycles. The lowest BCUT2D eigenvalue weighted by Gasteiger charge is -2.06. The van der Waals surface area contributed by atoms with Crippen LogP contribution in [0, 0.1) is 0 Å². The topological polar surface area (TPSA) is 70.6 Å². The fourth-order valence-corrected chi connectivity index (χ4v) is 1.33. The first kappa shape index (κ1) is 16.4. The van der Waals surface area contributed by atoms with Gasteiger partial charge in [-0.3, -0.25) is 4.79 Å². The number of unbranched alkanes of at least 4 members (excludes halogenated alkanes) is 2. The lowest BCUT2D eigenvalue weighted by atomic mass is 10.2. The van der Waals surface area contributed by atoms with Crippen LogP contribution in [0.15, 0.2) is 0 Å². The van der Waals surface area contributed by atoms with Crippen LogP contribution in [0.5, 0.6) is 0 Å². The molecule has 5 heteroatoms. The minimum atomic E-state index is -0.0985. The zero-order valence-electron chi connectivity index (χ0n) is 10.8. The Bertz CT molecular complexity index is 177. The van der Waals surface area contributed by atoms with Crippen molar-refractivity contribution in [2.45, 2.75) is 32.6 Å². The van der Waals surface area contributed by atoms with Gasteiger partial charge in [-0.05, 0) is 6.42 Å². The van der Waals surface area contributed by atoms with Gasteiger partial charge in [-0.25, -0.2) is 0 Å². The molecule has 0 aromatic heterocycles. The number of hydrogen-bond donors (Lipinski definition) is 3. The molecule has 0 radical (unpaired) electrons. The second-order valence-electron chi connectivity index (χ2n) is 3.90. The predicted octanol–water partition coefficient (Wildman–Crippen LogP) is 0.281. The smallest absolute Gasteiger partial charge is 0.305 e. The average Bonchev–Trinajstić information content (AvgIpc) is 2.33. The predicted molar refractivity (Wildman–Crippen MR) is 67.9 cm³/mol. The van der Waals surface area contributed by atoms with Crippen LogP contribution >= 0.6 is 0 Å². The molecule has 0 saturated carbocycles. The Hall–Kier alpha value is -0.650. The monoisotopic (exact) mass is 246 g/mol. The number of rotatable bonds is 12. The van der Waals surface area contributed by atoms with E-state index in [9.17, 15) is 4.79 Å². The molecule has 0 aliphatic heterocycles. The summed E-state index contributed by atoms with van der Waals surface area (Å²) >= 11 is 0. The molecule has 0 amide bonds. The van der Waals surface area contributed by atoms with Gasteiger partial charge in [0.1, 0.15) is 6.61 Å². The van der Waals surface area contributed by atoms with Gasteiger partial charge in [-0.15, -0.1) is 0 Å².